The number of ether oxygens (including phenoxy) is 2. The van der Waals surface area contributed by atoms with Crippen LogP contribution in [0.15, 0.2) is 12.1 Å². The molecule has 9 nitrogen and oxygen atoms in total. The standard InChI is InChI=1S/C23H36N4O5/c1-16-14-32-15-17(2)27(16)23(30)26-20(22(28)29)10-13-31-12-4-3-7-19-9-8-18-6-5-11-24-21(18)25-19/h8-9,16-17,20H,3-7,10-15H2,1-2H3,(H,24,25)(H,26,30)(H,28,29). The number of urea groups is 1. The van der Waals surface area contributed by atoms with Crippen molar-refractivity contribution in [2.75, 3.05) is 38.3 Å². The SMILES string of the molecule is CC1COCC(C)N1C(=O)NC(CCOCCCCc1ccc2c(n1)NCCC2)C(=O)O. The summed E-state index contributed by atoms with van der Waals surface area (Å²) in [6.07, 6.45) is 5.19. The molecule has 32 heavy (non-hydrogen) atoms. The van der Waals surface area contributed by atoms with Crippen LogP contribution >= 0.6 is 0 Å². The van der Waals surface area contributed by atoms with Gasteiger partial charge in [-0.25, -0.2) is 14.6 Å². The predicted octanol–water partition coefficient (Wildman–Crippen LogP) is 2.44. The smallest absolute Gasteiger partial charge is 0.326 e. The molecular formula is C23H36N4O5. The van der Waals surface area contributed by atoms with Gasteiger partial charge in [-0.3, -0.25) is 0 Å². The molecule has 3 rings (SSSR count). The van der Waals surface area contributed by atoms with Crippen molar-refractivity contribution in [3.8, 4) is 0 Å². The van der Waals surface area contributed by atoms with Crippen molar-refractivity contribution < 1.29 is 24.2 Å². The Hall–Kier alpha value is -2.39. The molecule has 0 saturated carbocycles. The number of aromatic nitrogens is 1. The van der Waals surface area contributed by atoms with E-state index in [4.69, 9.17) is 14.5 Å². The number of carboxylic acids is 1. The van der Waals surface area contributed by atoms with Gasteiger partial charge >= 0.3 is 12.0 Å². The quantitative estimate of drug-likeness (QED) is 0.471. The Morgan fingerprint density at radius 2 is 2.06 bits per heavy atom. The van der Waals surface area contributed by atoms with Gasteiger partial charge in [0.25, 0.3) is 0 Å². The lowest BCUT2D eigenvalue weighted by Crippen LogP contribution is -2.58. The van der Waals surface area contributed by atoms with Gasteiger partial charge in [0.15, 0.2) is 0 Å². The Kier molecular flexibility index (Phi) is 9.11. The van der Waals surface area contributed by atoms with Crippen LogP contribution in [0.2, 0.25) is 0 Å². The summed E-state index contributed by atoms with van der Waals surface area (Å²) in [6, 6.07) is 2.74. The maximum absolute atomic E-state index is 12.6. The van der Waals surface area contributed by atoms with E-state index in [1.54, 1.807) is 4.90 Å². The third kappa shape index (κ3) is 6.80. The highest BCUT2D eigenvalue weighted by molar-refractivity contribution is 5.83. The predicted molar refractivity (Wildman–Crippen MR) is 121 cm³/mol. The number of unbranched alkanes of at least 4 members (excludes halogenated alkanes) is 1. The molecule has 1 saturated heterocycles. The molecule has 2 amide bonds. The summed E-state index contributed by atoms with van der Waals surface area (Å²) in [5.41, 5.74) is 2.37. The molecule has 0 radical (unpaired) electrons. The first-order valence-electron chi connectivity index (χ1n) is 11.7. The van der Waals surface area contributed by atoms with Crippen LogP contribution in [-0.4, -0.2) is 78.1 Å². The largest absolute Gasteiger partial charge is 0.480 e. The van der Waals surface area contributed by atoms with Crippen molar-refractivity contribution in [1.82, 2.24) is 15.2 Å². The van der Waals surface area contributed by atoms with E-state index < -0.39 is 12.0 Å². The average molecular weight is 449 g/mol. The molecule has 3 heterocycles. The number of pyridine rings is 1. The molecule has 1 fully saturated rings. The number of hydrogen-bond acceptors (Lipinski definition) is 6. The fourth-order valence-corrected chi connectivity index (χ4v) is 4.21. The van der Waals surface area contributed by atoms with Gasteiger partial charge in [0, 0.05) is 31.9 Å². The van der Waals surface area contributed by atoms with Gasteiger partial charge in [-0.2, -0.15) is 0 Å². The van der Waals surface area contributed by atoms with Crippen LogP contribution in [-0.2, 0) is 27.1 Å². The number of aliphatic carboxylic acids is 1. The number of hydrogen-bond donors (Lipinski definition) is 3. The van der Waals surface area contributed by atoms with E-state index in [0.717, 1.165) is 50.2 Å². The second-order valence-corrected chi connectivity index (χ2v) is 8.68. The normalized spacial score (nSPS) is 21.4. The molecule has 2 aliphatic heterocycles. The lowest BCUT2D eigenvalue weighted by molar-refractivity contribution is -0.139. The Morgan fingerprint density at radius 1 is 1.28 bits per heavy atom. The maximum Gasteiger partial charge on any atom is 0.326 e. The first-order valence-corrected chi connectivity index (χ1v) is 11.7. The number of nitrogens with zero attached hydrogens (tertiary/aromatic N) is 2. The molecule has 0 spiro atoms. The highest BCUT2D eigenvalue weighted by Gasteiger charge is 2.32. The molecule has 3 atom stereocenters. The highest BCUT2D eigenvalue weighted by atomic mass is 16.5. The Bertz CT molecular complexity index is 765. The number of aryl methyl sites for hydroxylation is 2. The van der Waals surface area contributed by atoms with Crippen LogP contribution in [0.5, 0.6) is 0 Å². The minimum atomic E-state index is -1.05. The number of carbonyl (C=O) groups is 2. The van der Waals surface area contributed by atoms with Crippen LogP contribution < -0.4 is 10.6 Å². The van der Waals surface area contributed by atoms with Crippen LogP contribution in [0.3, 0.4) is 0 Å². The third-order valence-corrected chi connectivity index (χ3v) is 5.97. The second-order valence-electron chi connectivity index (χ2n) is 8.68. The topological polar surface area (TPSA) is 113 Å². The Labute approximate surface area is 189 Å². The summed E-state index contributed by atoms with van der Waals surface area (Å²) in [4.78, 5) is 30.5. The second kappa shape index (κ2) is 12.0. The van der Waals surface area contributed by atoms with Gasteiger partial charge in [-0.1, -0.05) is 6.07 Å². The number of carboxylic acid groups (broad SMARTS) is 1. The Morgan fingerprint density at radius 3 is 2.81 bits per heavy atom. The number of amides is 2. The third-order valence-electron chi connectivity index (χ3n) is 5.97. The fourth-order valence-electron chi connectivity index (χ4n) is 4.21. The maximum atomic E-state index is 12.6. The van der Waals surface area contributed by atoms with E-state index in [9.17, 15) is 14.7 Å². The number of anilines is 1. The van der Waals surface area contributed by atoms with Gasteiger partial charge in [-0.15, -0.1) is 0 Å². The average Bonchev–Trinajstić information content (AvgIpc) is 2.77. The molecule has 178 valence electrons. The number of nitrogens with one attached hydrogen (secondary N) is 2. The van der Waals surface area contributed by atoms with E-state index in [1.807, 2.05) is 13.8 Å². The molecule has 3 N–H and O–H groups in total. The molecule has 9 heteroatoms. The molecule has 3 unspecified atom stereocenters. The summed E-state index contributed by atoms with van der Waals surface area (Å²) in [5.74, 6) is -0.0322. The van der Waals surface area contributed by atoms with E-state index in [0.29, 0.717) is 19.8 Å². The summed E-state index contributed by atoms with van der Waals surface area (Å²) in [6.45, 7) is 6.52. The van der Waals surface area contributed by atoms with Crippen molar-refractivity contribution in [2.24, 2.45) is 0 Å². The zero-order chi connectivity index (χ0) is 22.9. The number of morpholine rings is 1. The summed E-state index contributed by atoms with van der Waals surface area (Å²) >= 11 is 0. The first kappa shape index (κ1) is 24.3. The van der Waals surface area contributed by atoms with Gasteiger partial charge in [-0.05, 0) is 57.6 Å². The van der Waals surface area contributed by atoms with Crippen LogP contribution in [0.25, 0.3) is 0 Å². The van der Waals surface area contributed by atoms with Crippen molar-refractivity contribution in [1.29, 1.82) is 0 Å². The number of fused-ring (bicyclic) bond motifs is 1. The van der Waals surface area contributed by atoms with Gasteiger partial charge < -0.3 is 30.1 Å². The van der Waals surface area contributed by atoms with Gasteiger partial charge in [0.1, 0.15) is 11.9 Å². The summed E-state index contributed by atoms with van der Waals surface area (Å²) in [5, 5.41) is 15.5. The highest BCUT2D eigenvalue weighted by Crippen LogP contribution is 2.20. The molecule has 0 aromatic carbocycles. The lowest BCUT2D eigenvalue weighted by atomic mass is 10.1. The monoisotopic (exact) mass is 448 g/mol. The zero-order valence-corrected chi connectivity index (χ0v) is 19.1. The van der Waals surface area contributed by atoms with Crippen molar-refractivity contribution in [3.63, 3.8) is 0 Å². The van der Waals surface area contributed by atoms with E-state index in [-0.39, 0.29) is 31.1 Å². The van der Waals surface area contributed by atoms with Gasteiger partial charge in [0.05, 0.1) is 25.3 Å². The lowest BCUT2D eigenvalue weighted by Gasteiger charge is -2.39. The van der Waals surface area contributed by atoms with Crippen LogP contribution in [0, 0.1) is 0 Å². The van der Waals surface area contributed by atoms with E-state index in [1.165, 1.54) is 5.56 Å². The van der Waals surface area contributed by atoms with Gasteiger partial charge in [0.2, 0.25) is 0 Å². The summed E-state index contributed by atoms with van der Waals surface area (Å²) in [7, 11) is 0. The van der Waals surface area contributed by atoms with Crippen molar-refractivity contribution >= 4 is 17.8 Å². The van der Waals surface area contributed by atoms with Crippen LogP contribution in [0.1, 0.15) is 50.8 Å². The summed E-state index contributed by atoms with van der Waals surface area (Å²) < 4.78 is 11.1. The molecule has 0 aliphatic carbocycles. The Balaban J connectivity index is 1.32. The first-order chi connectivity index (χ1) is 15.5. The molecule has 0 bridgehead atoms. The van der Waals surface area contributed by atoms with E-state index in [2.05, 4.69) is 22.8 Å². The zero-order valence-electron chi connectivity index (χ0n) is 19.1. The molecule has 1 aromatic heterocycles. The van der Waals surface area contributed by atoms with Crippen molar-refractivity contribution in [2.45, 2.75) is 70.5 Å². The molecule has 2 aliphatic rings. The minimum Gasteiger partial charge on any atom is -0.480 e. The number of rotatable bonds is 10. The molecular weight excluding hydrogens is 412 g/mol. The molecule has 1 aromatic rings. The van der Waals surface area contributed by atoms with Crippen molar-refractivity contribution in [3.05, 3.63) is 23.4 Å². The van der Waals surface area contributed by atoms with E-state index >= 15 is 0 Å². The number of carbonyl (C=O) groups excluding carboxylic acids is 1. The van der Waals surface area contributed by atoms with Crippen LogP contribution in [0.4, 0.5) is 10.6 Å². The fraction of sp³-hybridized carbons (Fsp3) is 0.696. The minimum absolute atomic E-state index is 0.0927.